The first-order valence-electron chi connectivity index (χ1n) is 13.3. The summed E-state index contributed by atoms with van der Waals surface area (Å²) < 4.78 is 48.4. The van der Waals surface area contributed by atoms with Gasteiger partial charge in [0.2, 0.25) is 0 Å². The van der Waals surface area contributed by atoms with Gasteiger partial charge < -0.3 is 24.8 Å². The number of hydrogen-bond acceptors (Lipinski definition) is 4. The minimum Gasteiger partial charge on any atom is -0.492 e. The number of nitrogens with one attached hydrogen (secondary N) is 1. The van der Waals surface area contributed by atoms with Crippen molar-refractivity contribution >= 4 is 17.7 Å². The second kappa shape index (κ2) is 16.0. The van der Waals surface area contributed by atoms with Crippen LogP contribution in [0.25, 0.3) is 0 Å². The minimum absolute atomic E-state index is 0.0184. The number of aliphatic carboxylic acids is 1. The molecule has 0 fully saturated rings. The fraction of sp³-hybridized carbons (Fsp3) is 0.517. The molecule has 0 bridgehead atoms. The second-order valence-electron chi connectivity index (χ2n) is 9.60. The van der Waals surface area contributed by atoms with Crippen LogP contribution in [0, 0.1) is 0 Å². The molecule has 0 saturated heterocycles. The number of unbranched alkanes of at least 4 members (excludes halogenated alkanes) is 2. The molecule has 39 heavy (non-hydrogen) atoms. The fourth-order valence-corrected chi connectivity index (χ4v) is 3.90. The molecule has 2 rings (SSSR count). The molecule has 216 valence electrons. The van der Waals surface area contributed by atoms with E-state index < -0.39 is 24.7 Å². The van der Waals surface area contributed by atoms with E-state index in [0.717, 1.165) is 11.1 Å². The Morgan fingerprint density at radius 2 is 1.64 bits per heavy atom. The van der Waals surface area contributed by atoms with Gasteiger partial charge in [-0.05, 0) is 61.1 Å². The van der Waals surface area contributed by atoms with Crippen LogP contribution >= 0.6 is 0 Å². The number of hydrogen-bond donors (Lipinski definition) is 2. The lowest BCUT2D eigenvalue weighted by atomic mass is 10.0. The van der Waals surface area contributed by atoms with Gasteiger partial charge in [-0.15, -0.1) is 0 Å². The summed E-state index contributed by atoms with van der Waals surface area (Å²) in [6.07, 6.45) is -4.90. The molecule has 0 heterocycles. The number of alkyl halides is 3. The van der Waals surface area contributed by atoms with Gasteiger partial charge in [-0.25, -0.2) is 9.59 Å². The maximum Gasteiger partial charge on any atom is 0.389 e. The van der Waals surface area contributed by atoms with Crippen molar-refractivity contribution in [2.24, 2.45) is 0 Å². The van der Waals surface area contributed by atoms with E-state index in [1.807, 2.05) is 24.3 Å². The number of carboxylic acid groups (broad SMARTS) is 1. The molecule has 2 aromatic rings. The Balaban J connectivity index is 1.94. The number of nitrogens with zero attached hydrogens (tertiary/aromatic N) is 1. The number of ether oxygens (including phenoxy) is 2. The first kappa shape index (κ1) is 31.9. The predicted molar refractivity (Wildman–Crippen MR) is 144 cm³/mol. The average Bonchev–Trinajstić information content (AvgIpc) is 2.87. The molecule has 2 amide bonds. The maximum absolute atomic E-state index is 13.0. The third kappa shape index (κ3) is 12.4. The summed E-state index contributed by atoms with van der Waals surface area (Å²) in [5, 5.41) is 12.1. The zero-order valence-corrected chi connectivity index (χ0v) is 22.8. The van der Waals surface area contributed by atoms with Gasteiger partial charge in [-0.3, -0.25) is 0 Å². The molecule has 0 aliphatic heterocycles. The molecule has 0 aliphatic rings. The van der Waals surface area contributed by atoms with Crippen LogP contribution in [0.2, 0.25) is 0 Å². The minimum atomic E-state index is -4.18. The lowest BCUT2D eigenvalue weighted by Crippen LogP contribution is -2.38. The number of carboxylic acids is 1. The number of benzene rings is 2. The van der Waals surface area contributed by atoms with Crippen molar-refractivity contribution in [3.63, 3.8) is 0 Å². The smallest absolute Gasteiger partial charge is 0.389 e. The lowest BCUT2D eigenvalue weighted by molar-refractivity contribution is -0.150. The highest BCUT2D eigenvalue weighted by Gasteiger charge is 2.26. The molecule has 1 atom stereocenters. The van der Waals surface area contributed by atoms with Crippen molar-refractivity contribution in [2.45, 2.75) is 71.1 Å². The number of carbonyl (C=O) groups excluding carboxylic acids is 1. The van der Waals surface area contributed by atoms with Crippen molar-refractivity contribution in [1.82, 2.24) is 4.90 Å². The van der Waals surface area contributed by atoms with E-state index in [1.54, 1.807) is 31.2 Å². The number of anilines is 1. The molecular weight excluding hydrogens is 513 g/mol. The Bertz CT molecular complexity index is 1010. The number of carbonyl (C=O) groups is 2. The first-order valence-corrected chi connectivity index (χ1v) is 13.3. The van der Waals surface area contributed by atoms with Gasteiger partial charge in [0.15, 0.2) is 6.10 Å². The Morgan fingerprint density at radius 3 is 2.21 bits per heavy atom. The molecule has 10 heteroatoms. The van der Waals surface area contributed by atoms with Crippen LogP contribution in [0.5, 0.6) is 5.75 Å². The van der Waals surface area contributed by atoms with Gasteiger partial charge in [0, 0.05) is 31.7 Å². The van der Waals surface area contributed by atoms with Crippen molar-refractivity contribution in [1.29, 1.82) is 0 Å². The van der Waals surface area contributed by atoms with E-state index in [2.05, 4.69) is 19.2 Å². The monoisotopic (exact) mass is 552 g/mol. The maximum atomic E-state index is 13.0. The number of urea groups is 1. The molecule has 0 aliphatic carbocycles. The van der Waals surface area contributed by atoms with E-state index in [9.17, 15) is 27.9 Å². The quantitative estimate of drug-likeness (QED) is 0.222. The van der Waals surface area contributed by atoms with Crippen LogP contribution in [0.4, 0.5) is 23.7 Å². The van der Waals surface area contributed by atoms with E-state index in [1.165, 1.54) is 4.90 Å². The van der Waals surface area contributed by atoms with E-state index in [0.29, 0.717) is 43.3 Å². The SMILES string of the molecule is CCOC(Cc1ccc(OCCN(CCCCCC(F)(F)F)C(=O)Nc2ccc(C(C)C)cc2)cc1)C(=O)O. The van der Waals surface area contributed by atoms with Crippen LogP contribution in [0.1, 0.15) is 63.5 Å². The summed E-state index contributed by atoms with van der Waals surface area (Å²) in [7, 11) is 0. The van der Waals surface area contributed by atoms with E-state index in [4.69, 9.17) is 9.47 Å². The van der Waals surface area contributed by atoms with E-state index >= 15 is 0 Å². The topological polar surface area (TPSA) is 88.1 Å². The van der Waals surface area contributed by atoms with Gasteiger partial charge in [-0.2, -0.15) is 13.2 Å². The molecule has 0 radical (unpaired) electrons. The van der Waals surface area contributed by atoms with Crippen molar-refractivity contribution < 1.29 is 37.3 Å². The molecule has 0 aromatic heterocycles. The van der Waals surface area contributed by atoms with Gasteiger partial charge in [0.05, 0.1) is 6.54 Å². The highest BCUT2D eigenvalue weighted by Crippen LogP contribution is 2.23. The van der Waals surface area contributed by atoms with Gasteiger partial charge >= 0.3 is 18.2 Å². The summed E-state index contributed by atoms with van der Waals surface area (Å²) in [5.74, 6) is -0.112. The van der Waals surface area contributed by atoms with Crippen LogP contribution in [-0.2, 0) is 16.0 Å². The van der Waals surface area contributed by atoms with Gasteiger partial charge in [0.25, 0.3) is 0 Å². The summed E-state index contributed by atoms with van der Waals surface area (Å²) in [4.78, 5) is 25.8. The molecule has 0 saturated carbocycles. The highest BCUT2D eigenvalue weighted by atomic mass is 19.4. The Hall–Kier alpha value is -3.27. The zero-order chi connectivity index (χ0) is 28.8. The van der Waals surface area contributed by atoms with Gasteiger partial charge in [-0.1, -0.05) is 44.5 Å². The molecule has 7 nitrogen and oxygen atoms in total. The standard InChI is InChI=1S/C29H39F3N2O5/c1-4-38-26(27(35)36)20-22-8-14-25(15-9-22)39-19-18-34(17-7-5-6-16-29(30,31)32)28(37)33-24-12-10-23(11-13-24)21(2)3/h8-15,21,26H,4-7,16-20H2,1-3H3,(H,33,37)(H,35,36). The Kier molecular flexibility index (Phi) is 13.1. The molecule has 2 N–H and O–H groups in total. The second-order valence-corrected chi connectivity index (χ2v) is 9.60. The number of rotatable bonds is 16. The van der Waals surface area contributed by atoms with Crippen LogP contribution in [0.3, 0.4) is 0 Å². The summed E-state index contributed by atoms with van der Waals surface area (Å²) in [6, 6.07) is 14.2. The normalized spacial score (nSPS) is 12.3. The highest BCUT2D eigenvalue weighted by molar-refractivity contribution is 5.89. The third-order valence-corrected chi connectivity index (χ3v) is 6.12. The van der Waals surface area contributed by atoms with Gasteiger partial charge in [0.1, 0.15) is 12.4 Å². The van der Waals surface area contributed by atoms with Crippen molar-refractivity contribution in [2.75, 3.05) is 31.6 Å². The van der Waals surface area contributed by atoms with Crippen molar-refractivity contribution in [3.05, 3.63) is 59.7 Å². The Morgan fingerprint density at radius 1 is 0.974 bits per heavy atom. The molecule has 0 spiro atoms. The van der Waals surface area contributed by atoms with Crippen molar-refractivity contribution in [3.8, 4) is 5.75 Å². The van der Waals surface area contributed by atoms with Crippen LogP contribution in [0.15, 0.2) is 48.5 Å². The fourth-order valence-electron chi connectivity index (χ4n) is 3.90. The molecule has 2 aromatic carbocycles. The number of amides is 2. The summed E-state index contributed by atoms with van der Waals surface area (Å²) in [6.45, 7) is 6.91. The first-order chi connectivity index (χ1) is 18.5. The lowest BCUT2D eigenvalue weighted by Gasteiger charge is -2.23. The zero-order valence-electron chi connectivity index (χ0n) is 22.8. The average molecular weight is 553 g/mol. The third-order valence-electron chi connectivity index (χ3n) is 6.12. The van der Waals surface area contributed by atoms with Crippen LogP contribution < -0.4 is 10.1 Å². The van der Waals surface area contributed by atoms with Crippen LogP contribution in [-0.4, -0.2) is 60.6 Å². The molecular formula is C29H39F3N2O5. The summed E-state index contributed by atoms with van der Waals surface area (Å²) >= 11 is 0. The van der Waals surface area contributed by atoms with E-state index in [-0.39, 0.29) is 32.0 Å². The largest absolute Gasteiger partial charge is 0.492 e. The number of halogens is 3. The Labute approximate surface area is 228 Å². The molecule has 1 unspecified atom stereocenters. The predicted octanol–water partition coefficient (Wildman–Crippen LogP) is 6.88. The summed E-state index contributed by atoms with van der Waals surface area (Å²) in [5.41, 5.74) is 2.56.